The molecule has 3 rings (SSSR count). The van der Waals surface area contributed by atoms with Crippen LogP contribution in [0.2, 0.25) is 0 Å². The average molecular weight is 330 g/mol. The number of aromatic amines is 1. The molecule has 11 heteroatoms. The zero-order valence-electron chi connectivity index (χ0n) is 11.2. The normalized spacial score (nSPS) is 28.0. The summed E-state index contributed by atoms with van der Waals surface area (Å²) in [5.41, 5.74) is 0.418. The van der Waals surface area contributed by atoms with E-state index >= 15 is 0 Å². The number of imidazole rings is 1. The number of nitrogens with zero attached hydrogens (tertiary/aromatic N) is 2. The number of H-pyrrole nitrogens is 1. The van der Waals surface area contributed by atoms with E-state index in [-0.39, 0.29) is 17.5 Å². The number of nitrogens with one attached hydrogen (secondary N) is 1. The third-order valence-corrected chi connectivity index (χ3v) is 3.89. The van der Waals surface area contributed by atoms with Gasteiger partial charge in [-0.05, 0) is 6.07 Å². The lowest BCUT2D eigenvalue weighted by molar-refractivity contribution is -0.222. The van der Waals surface area contributed by atoms with Crippen molar-refractivity contribution in [1.29, 1.82) is 0 Å². The second-order valence-corrected chi connectivity index (χ2v) is 6.08. The van der Waals surface area contributed by atoms with Crippen LogP contribution in [0.4, 0.5) is 0 Å². The molecular formula is C11H13N3O7P-. The summed E-state index contributed by atoms with van der Waals surface area (Å²) in [7, 11) is -4.88. The van der Waals surface area contributed by atoms with E-state index in [0.29, 0.717) is 5.52 Å². The van der Waals surface area contributed by atoms with Gasteiger partial charge >= 0.3 is 0 Å². The number of fused-ring (bicyclic) bond motifs is 1. The van der Waals surface area contributed by atoms with E-state index in [1.54, 1.807) is 10.6 Å². The number of ether oxygens (including phenoxy) is 1. The first kappa shape index (κ1) is 15.3. The molecule has 1 aliphatic rings. The molecule has 1 unspecified atom stereocenters. The number of aliphatic hydroxyl groups is 1. The number of rotatable bonds is 4. The fourth-order valence-corrected chi connectivity index (χ4v) is 2.74. The number of aliphatic hydroxyl groups excluding tert-OH is 1. The SMILES string of the molecule is O=c1[nH]ccc2c1ncn2[C@H]1C[C@H](O)[C@@H](COP(=O)([O-])O)O1. The highest BCUT2D eigenvalue weighted by atomic mass is 31.2. The number of hydrogen-bond acceptors (Lipinski definition) is 7. The number of hydrogen-bond donors (Lipinski definition) is 3. The monoisotopic (exact) mass is 330 g/mol. The van der Waals surface area contributed by atoms with Gasteiger partial charge in [0.05, 0.1) is 24.6 Å². The molecule has 0 amide bonds. The fourth-order valence-electron chi connectivity index (χ4n) is 2.41. The summed E-state index contributed by atoms with van der Waals surface area (Å²) >= 11 is 0. The smallest absolute Gasteiger partial charge is 0.276 e. The van der Waals surface area contributed by atoms with Crippen LogP contribution >= 0.6 is 7.82 Å². The summed E-state index contributed by atoms with van der Waals surface area (Å²) in [4.78, 5) is 37.3. The van der Waals surface area contributed by atoms with Crippen molar-refractivity contribution in [2.24, 2.45) is 0 Å². The Morgan fingerprint density at radius 2 is 2.41 bits per heavy atom. The minimum Gasteiger partial charge on any atom is -0.756 e. The molecule has 1 aliphatic heterocycles. The molecule has 0 saturated carbocycles. The number of phosphoric ester groups is 1. The number of phosphoric acid groups is 1. The van der Waals surface area contributed by atoms with Gasteiger partial charge in [0.15, 0.2) is 5.52 Å². The maximum absolute atomic E-state index is 11.6. The highest BCUT2D eigenvalue weighted by molar-refractivity contribution is 7.44. The van der Waals surface area contributed by atoms with E-state index in [1.807, 2.05) is 0 Å². The van der Waals surface area contributed by atoms with Crippen molar-refractivity contribution in [1.82, 2.24) is 14.5 Å². The van der Waals surface area contributed by atoms with Crippen molar-refractivity contribution in [2.45, 2.75) is 24.9 Å². The maximum atomic E-state index is 11.6. The molecule has 1 saturated heterocycles. The van der Waals surface area contributed by atoms with Crippen LogP contribution in [0, 0.1) is 0 Å². The molecule has 4 atom stereocenters. The second-order valence-electron chi connectivity index (χ2n) is 4.89. The predicted molar refractivity (Wildman–Crippen MR) is 70.7 cm³/mol. The van der Waals surface area contributed by atoms with Crippen LogP contribution in [-0.2, 0) is 13.8 Å². The average Bonchev–Trinajstić information content (AvgIpc) is 3.00. The van der Waals surface area contributed by atoms with Gasteiger partial charge in [0.2, 0.25) is 0 Å². The topological polar surface area (TPSA) is 150 Å². The van der Waals surface area contributed by atoms with E-state index in [4.69, 9.17) is 9.63 Å². The standard InChI is InChI=1S/C11H14N3O7P/c15-7-3-9(21-8(7)4-20-22(17,18)19)14-5-13-10-6(14)1-2-12-11(10)16/h1-2,5,7-9,15H,3-4H2,(H,12,16)(H2,17,18,19)/p-1/t7-,8+,9+/m0/s1. The summed E-state index contributed by atoms with van der Waals surface area (Å²) in [5.74, 6) is 0. The van der Waals surface area contributed by atoms with Gasteiger partial charge in [-0.2, -0.15) is 0 Å². The van der Waals surface area contributed by atoms with Crippen LogP contribution in [0.1, 0.15) is 12.6 Å². The highest BCUT2D eigenvalue weighted by Gasteiger charge is 2.36. The van der Waals surface area contributed by atoms with Gasteiger partial charge < -0.3 is 33.7 Å². The molecular weight excluding hydrogens is 317 g/mol. The Bertz CT molecular complexity index is 781. The molecule has 0 aromatic carbocycles. The Morgan fingerprint density at radius 1 is 1.64 bits per heavy atom. The molecule has 0 bridgehead atoms. The zero-order chi connectivity index (χ0) is 15.9. The molecule has 0 spiro atoms. The Labute approximate surface area is 123 Å². The first-order valence-electron chi connectivity index (χ1n) is 6.41. The van der Waals surface area contributed by atoms with Crippen LogP contribution in [-0.4, -0.2) is 43.3 Å². The van der Waals surface area contributed by atoms with Crippen LogP contribution in [0.25, 0.3) is 11.0 Å². The van der Waals surface area contributed by atoms with Gasteiger partial charge in [0.25, 0.3) is 13.4 Å². The van der Waals surface area contributed by atoms with Gasteiger partial charge in [-0.1, -0.05) is 0 Å². The molecule has 120 valence electrons. The van der Waals surface area contributed by atoms with E-state index in [9.17, 15) is 19.4 Å². The third-order valence-electron chi connectivity index (χ3n) is 3.42. The van der Waals surface area contributed by atoms with Crippen molar-refractivity contribution < 1.29 is 28.7 Å². The first-order valence-corrected chi connectivity index (χ1v) is 7.91. The lowest BCUT2D eigenvalue weighted by atomic mass is 10.2. The van der Waals surface area contributed by atoms with Crippen molar-refractivity contribution in [3.05, 3.63) is 28.9 Å². The zero-order valence-corrected chi connectivity index (χ0v) is 12.1. The quantitative estimate of drug-likeness (QED) is 0.595. The molecule has 2 aromatic heterocycles. The van der Waals surface area contributed by atoms with Crippen LogP contribution in [0.3, 0.4) is 0 Å². The van der Waals surface area contributed by atoms with E-state index in [0.717, 1.165) is 0 Å². The van der Waals surface area contributed by atoms with Gasteiger partial charge in [-0.3, -0.25) is 9.36 Å². The molecule has 22 heavy (non-hydrogen) atoms. The Hall–Kier alpha value is -1.55. The van der Waals surface area contributed by atoms with Gasteiger partial charge in [-0.15, -0.1) is 0 Å². The van der Waals surface area contributed by atoms with Crippen molar-refractivity contribution >= 4 is 18.9 Å². The summed E-state index contributed by atoms with van der Waals surface area (Å²) < 4.78 is 21.9. The molecule has 1 fully saturated rings. The number of pyridine rings is 1. The molecule has 3 heterocycles. The minimum absolute atomic E-state index is 0.168. The van der Waals surface area contributed by atoms with Crippen molar-refractivity contribution in [3.8, 4) is 0 Å². The van der Waals surface area contributed by atoms with Crippen LogP contribution < -0.4 is 10.5 Å². The Balaban J connectivity index is 1.80. The van der Waals surface area contributed by atoms with Crippen LogP contribution in [0.5, 0.6) is 0 Å². The molecule has 0 radical (unpaired) electrons. The minimum atomic E-state index is -4.88. The van der Waals surface area contributed by atoms with E-state index in [2.05, 4.69) is 14.5 Å². The summed E-state index contributed by atoms with van der Waals surface area (Å²) in [6, 6.07) is 1.64. The van der Waals surface area contributed by atoms with Crippen molar-refractivity contribution in [2.75, 3.05) is 6.61 Å². The lowest BCUT2D eigenvalue weighted by Gasteiger charge is -2.20. The Morgan fingerprint density at radius 3 is 3.14 bits per heavy atom. The predicted octanol–water partition coefficient (Wildman–Crippen LogP) is -1.15. The molecule has 3 N–H and O–H groups in total. The van der Waals surface area contributed by atoms with E-state index < -0.39 is 32.9 Å². The maximum Gasteiger partial charge on any atom is 0.276 e. The highest BCUT2D eigenvalue weighted by Crippen LogP contribution is 2.35. The summed E-state index contributed by atoms with van der Waals surface area (Å²) in [6.07, 6.45) is 0.523. The second kappa shape index (κ2) is 5.58. The van der Waals surface area contributed by atoms with Gasteiger partial charge in [0, 0.05) is 12.6 Å². The Kier molecular flexibility index (Phi) is 3.89. The van der Waals surface area contributed by atoms with Gasteiger partial charge in [-0.25, -0.2) is 4.98 Å². The third kappa shape index (κ3) is 2.98. The first-order chi connectivity index (χ1) is 10.3. The molecule has 0 aliphatic carbocycles. The van der Waals surface area contributed by atoms with E-state index in [1.165, 1.54) is 12.5 Å². The fraction of sp³-hybridized carbons (Fsp3) is 0.455. The van der Waals surface area contributed by atoms with Crippen LogP contribution in [0.15, 0.2) is 23.4 Å². The number of aromatic nitrogens is 3. The van der Waals surface area contributed by atoms with Crippen molar-refractivity contribution in [3.63, 3.8) is 0 Å². The largest absolute Gasteiger partial charge is 0.756 e. The van der Waals surface area contributed by atoms with Gasteiger partial charge in [0.1, 0.15) is 12.3 Å². The summed E-state index contributed by atoms with van der Waals surface area (Å²) in [5, 5.41) is 9.90. The molecule has 2 aromatic rings. The summed E-state index contributed by atoms with van der Waals surface area (Å²) in [6.45, 7) is -0.498. The lowest BCUT2D eigenvalue weighted by Crippen LogP contribution is -2.26. The molecule has 10 nitrogen and oxygen atoms in total.